The van der Waals surface area contributed by atoms with Crippen molar-refractivity contribution < 1.29 is 14.7 Å². The highest BCUT2D eigenvalue weighted by atomic mass is 79.9. The van der Waals surface area contributed by atoms with Crippen LogP contribution in [0, 0.1) is 0 Å². The number of aliphatic carboxylic acids is 1. The lowest BCUT2D eigenvalue weighted by atomic mass is 10.2. The Hall–Kier alpha value is -1.86. The van der Waals surface area contributed by atoms with Crippen LogP contribution in [0.3, 0.4) is 0 Å². The van der Waals surface area contributed by atoms with E-state index in [2.05, 4.69) is 26.2 Å². The predicted octanol–water partition coefficient (Wildman–Crippen LogP) is 3.27. The minimum Gasteiger partial charge on any atom is -0.481 e. The van der Waals surface area contributed by atoms with Gasteiger partial charge in [-0.15, -0.1) is 0 Å². The molecule has 0 aliphatic carbocycles. The van der Waals surface area contributed by atoms with Gasteiger partial charge in [0.2, 0.25) is 0 Å². The number of carboxylic acid groups (broad SMARTS) is 1. The van der Waals surface area contributed by atoms with E-state index < -0.39 is 5.97 Å². The molecule has 0 fully saturated rings. The topological polar surface area (TPSA) is 79.3 Å². The quantitative estimate of drug-likeness (QED) is 0.793. The van der Waals surface area contributed by atoms with Crippen molar-refractivity contribution in [3.05, 3.63) is 52.6 Å². The van der Waals surface area contributed by atoms with E-state index in [0.717, 1.165) is 11.8 Å². The van der Waals surface area contributed by atoms with Crippen LogP contribution in [0.15, 0.2) is 52.1 Å². The summed E-state index contributed by atoms with van der Waals surface area (Å²) >= 11 is 4.44. The maximum atomic E-state index is 12.1. The molecule has 1 amide bonds. The first-order valence-electron chi connectivity index (χ1n) is 5.93. The molecular formula is C14H11BrN2O3S. The van der Waals surface area contributed by atoms with Crippen LogP contribution in [0.25, 0.3) is 0 Å². The molecule has 108 valence electrons. The number of nitrogens with one attached hydrogen (secondary N) is 1. The van der Waals surface area contributed by atoms with E-state index in [4.69, 9.17) is 5.11 Å². The molecule has 0 aliphatic heterocycles. The second-order valence-electron chi connectivity index (χ2n) is 4.00. The average Bonchev–Trinajstić information content (AvgIpc) is 2.47. The van der Waals surface area contributed by atoms with Crippen LogP contribution in [-0.4, -0.2) is 27.7 Å². The van der Waals surface area contributed by atoms with Gasteiger partial charge in [-0.25, -0.2) is 4.98 Å². The van der Waals surface area contributed by atoms with Gasteiger partial charge in [-0.1, -0.05) is 23.9 Å². The Morgan fingerprint density at radius 2 is 2.00 bits per heavy atom. The first kappa shape index (κ1) is 15.5. The standard InChI is InChI=1S/C14H11BrN2O3S/c15-11-4-2-1-3-10(11)14(20)17-9-5-6-12(16-7-9)21-8-13(18)19/h1-7H,8H2,(H,17,20)(H,18,19). The molecule has 0 spiro atoms. The summed E-state index contributed by atoms with van der Waals surface area (Å²) in [6, 6.07) is 10.5. The molecule has 0 atom stereocenters. The van der Waals surface area contributed by atoms with E-state index in [9.17, 15) is 9.59 Å². The molecule has 0 bridgehead atoms. The van der Waals surface area contributed by atoms with Crippen molar-refractivity contribution in [1.29, 1.82) is 0 Å². The third-order valence-corrected chi connectivity index (χ3v) is 4.08. The largest absolute Gasteiger partial charge is 0.481 e. The molecule has 1 heterocycles. The number of rotatable bonds is 5. The van der Waals surface area contributed by atoms with Gasteiger partial charge in [0.25, 0.3) is 5.91 Å². The van der Waals surface area contributed by atoms with Gasteiger partial charge in [-0.2, -0.15) is 0 Å². The summed E-state index contributed by atoms with van der Waals surface area (Å²) in [5.74, 6) is -1.18. The van der Waals surface area contributed by atoms with Crippen LogP contribution >= 0.6 is 27.7 Å². The van der Waals surface area contributed by atoms with Gasteiger partial charge in [-0.3, -0.25) is 9.59 Å². The second kappa shape index (κ2) is 7.24. The minimum absolute atomic E-state index is 0.0460. The maximum absolute atomic E-state index is 12.1. The molecule has 21 heavy (non-hydrogen) atoms. The van der Waals surface area contributed by atoms with Crippen LogP contribution in [0.2, 0.25) is 0 Å². The molecule has 7 heteroatoms. The second-order valence-corrected chi connectivity index (χ2v) is 5.85. The molecule has 5 nitrogen and oxygen atoms in total. The number of nitrogens with zero attached hydrogens (tertiary/aromatic N) is 1. The van der Waals surface area contributed by atoms with Crippen molar-refractivity contribution >= 4 is 45.3 Å². The smallest absolute Gasteiger partial charge is 0.313 e. The molecule has 0 saturated heterocycles. The Kier molecular flexibility index (Phi) is 5.35. The highest BCUT2D eigenvalue weighted by molar-refractivity contribution is 9.10. The lowest BCUT2D eigenvalue weighted by molar-refractivity contribution is -0.133. The number of carbonyl (C=O) groups is 2. The number of hydrogen-bond donors (Lipinski definition) is 2. The van der Waals surface area contributed by atoms with E-state index in [-0.39, 0.29) is 11.7 Å². The number of thioether (sulfide) groups is 1. The summed E-state index contributed by atoms with van der Waals surface area (Å²) < 4.78 is 0.712. The van der Waals surface area contributed by atoms with Crippen molar-refractivity contribution in [1.82, 2.24) is 4.98 Å². The first-order chi connectivity index (χ1) is 10.1. The van der Waals surface area contributed by atoms with Crippen molar-refractivity contribution in [2.75, 3.05) is 11.1 Å². The molecule has 2 N–H and O–H groups in total. The van der Waals surface area contributed by atoms with Crippen molar-refractivity contribution in [3.63, 3.8) is 0 Å². The zero-order chi connectivity index (χ0) is 15.2. The highest BCUT2D eigenvalue weighted by Crippen LogP contribution is 2.19. The highest BCUT2D eigenvalue weighted by Gasteiger charge is 2.09. The number of aromatic nitrogens is 1. The van der Waals surface area contributed by atoms with Gasteiger partial charge in [-0.05, 0) is 40.2 Å². The lowest BCUT2D eigenvalue weighted by Gasteiger charge is -2.07. The van der Waals surface area contributed by atoms with Gasteiger partial charge in [0.05, 0.1) is 28.2 Å². The summed E-state index contributed by atoms with van der Waals surface area (Å²) in [7, 11) is 0. The minimum atomic E-state index is -0.895. The SMILES string of the molecule is O=C(O)CSc1ccc(NC(=O)c2ccccc2Br)cn1. The summed E-state index contributed by atoms with van der Waals surface area (Å²) in [6.45, 7) is 0. The van der Waals surface area contributed by atoms with E-state index in [0.29, 0.717) is 20.7 Å². The van der Waals surface area contributed by atoms with Gasteiger partial charge < -0.3 is 10.4 Å². The summed E-state index contributed by atoms with van der Waals surface area (Å²) in [5, 5.41) is 11.9. The third-order valence-electron chi connectivity index (χ3n) is 2.46. The van der Waals surface area contributed by atoms with Crippen LogP contribution < -0.4 is 5.32 Å². The summed E-state index contributed by atoms with van der Waals surface area (Å²) in [4.78, 5) is 26.6. The summed E-state index contributed by atoms with van der Waals surface area (Å²) in [6.07, 6.45) is 1.50. The normalized spacial score (nSPS) is 10.1. The molecule has 0 saturated carbocycles. The van der Waals surface area contributed by atoms with Crippen molar-refractivity contribution in [2.45, 2.75) is 5.03 Å². The molecule has 0 aliphatic rings. The summed E-state index contributed by atoms with van der Waals surface area (Å²) in [5.41, 5.74) is 1.08. The number of halogens is 1. The fourth-order valence-electron chi connectivity index (χ4n) is 1.52. The number of amides is 1. The molecular weight excluding hydrogens is 356 g/mol. The Bertz CT molecular complexity index is 662. The number of carbonyl (C=O) groups excluding carboxylic acids is 1. The van der Waals surface area contributed by atoms with E-state index in [1.807, 2.05) is 6.07 Å². The molecule has 2 rings (SSSR count). The Labute approximate surface area is 133 Å². The zero-order valence-electron chi connectivity index (χ0n) is 10.7. The molecule has 2 aromatic rings. The van der Waals surface area contributed by atoms with Gasteiger partial charge in [0.1, 0.15) is 0 Å². The zero-order valence-corrected chi connectivity index (χ0v) is 13.1. The van der Waals surface area contributed by atoms with E-state index in [1.54, 1.807) is 30.3 Å². The fraction of sp³-hybridized carbons (Fsp3) is 0.0714. The predicted molar refractivity (Wildman–Crippen MR) is 84.7 cm³/mol. The molecule has 0 unspecified atom stereocenters. The monoisotopic (exact) mass is 366 g/mol. The Balaban J connectivity index is 2.02. The number of anilines is 1. The average molecular weight is 367 g/mol. The number of benzene rings is 1. The maximum Gasteiger partial charge on any atom is 0.313 e. The third kappa shape index (κ3) is 4.57. The van der Waals surface area contributed by atoms with Gasteiger partial charge in [0, 0.05) is 4.47 Å². The molecule has 1 aromatic heterocycles. The lowest BCUT2D eigenvalue weighted by Crippen LogP contribution is -2.12. The molecule has 1 aromatic carbocycles. The van der Waals surface area contributed by atoms with E-state index >= 15 is 0 Å². The van der Waals surface area contributed by atoms with Crippen LogP contribution in [0.1, 0.15) is 10.4 Å². The van der Waals surface area contributed by atoms with Gasteiger partial charge >= 0.3 is 5.97 Å². The fourth-order valence-corrected chi connectivity index (χ4v) is 2.55. The Morgan fingerprint density at radius 3 is 2.62 bits per heavy atom. The number of carboxylic acids is 1. The number of hydrogen-bond acceptors (Lipinski definition) is 4. The first-order valence-corrected chi connectivity index (χ1v) is 7.70. The van der Waals surface area contributed by atoms with E-state index in [1.165, 1.54) is 6.20 Å². The van der Waals surface area contributed by atoms with Crippen LogP contribution in [0.5, 0.6) is 0 Å². The van der Waals surface area contributed by atoms with Crippen LogP contribution in [0.4, 0.5) is 5.69 Å². The van der Waals surface area contributed by atoms with Crippen molar-refractivity contribution in [3.8, 4) is 0 Å². The molecule has 0 radical (unpaired) electrons. The number of pyridine rings is 1. The Morgan fingerprint density at radius 1 is 1.24 bits per heavy atom. The van der Waals surface area contributed by atoms with Gasteiger partial charge in [0.15, 0.2) is 0 Å². The van der Waals surface area contributed by atoms with Crippen LogP contribution in [-0.2, 0) is 4.79 Å². The van der Waals surface area contributed by atoms with Crippen molar-refractivity contribution in [2.24, 2.45) is 0 Å².